The van der Waals surface area contributed by atoms with Gasteiger partial charge in [-0.2, -0.15) is 5.10 Å². The summed E-state index contributed by atoms with van der Waals surface area (Å²) in [6, 6.07) is 0. The number of carbonyl (C=O) groups is 1. The zero-order chi connectivity index (χ0) is 9.14. The lowest BCUT2D eigenvalue weighted by Gasteiger charge is -1.93. The maximum Gasteiger partial charge on any atom is 0.359 e. The summed E-state index contributed by atoms with van der Waals surface area (Å²) in [7, 11) is 1.27. The van der Waals surface area contributed by atoms with Gasteiger partial charge in [0.2, 0.25) is 0 Å². The topological polar surface area (TPSA) is 64.3 Å². The SMILES string of the molecule is COC(=O)c1nn(CO)cc1Br. The van der Waals surface area contributed by atoms with Gasteiger partial charge in [-0.25, -0.2) is 9.48 Å². The molecule has 0 aliphatic rings. The molecule has 0 aliphatic carbocycles. The number of ether oxygens (including phenoxy) is 1. The Labute approximate surface area is 77.1 Å². The van der Waals surface area contributed by atoms with Crippen molar-refractivity contribution < 1.29 is 14.6 Å². The van der Waals surface area contributed by atoms with Crippen molar-refractivity contribution >= 4 is 21.9 Å². The molecule has 0 atom stereocenters. The van der Waals surface area contributed by atoms with Crippen LogP contribution in [-0.2, 0) is 11.5 Å². The van der Waals surface area contributed by atoms with E-state index in [-0.39, 0.29) is 12.4 Å². The van der Waals surface area contributed by atoms with E-state index in [2.05, 4.69) is 25.8 Å². The first-order valence-electron chi connectivity index (χ1n) is 3.11. The van der Waals surface area contributed by atoms with Gasteiger partial charge < -0.3 is 9.84 Å². The smallest absolute Gasteiger partial charge is 0.359 e. The Morgan fingerprint density at radius 1 is 1.92 bits per heavy atom. The highest BCUT2D eigenvalue weighted by atomic mass is 79.9. The van der Waals surface area contributed by atoms with Gasteiger partial charge in [-0.1, -0.05) is 0 Å². The van der Waals surface area contributed by atoms with E-state index in [0.29, 0.717) is 4.47 Å². The molecule has 1 aromatic rings. The van der Waals surface area contributed by atoms with Crippen LogP contribution in [-0.4, -0.2) is 28.0 Å². The number of hydrogen-bond donors (Lipinski definition) is 1. The number of halogens is 1. The fourth-order valence-corrected chi connectivity index (χ4v) is 1.18. The molecule has 0 aliphatic heterocycles. The predicted octanol–water partition coefficient (Wildman–Crippen LogP) is 0.382. The van der Waals surface area contributed by atoms with Gasteiger partial charge in [-0.05, 0) is 15.9 Å². The number of aromatic nitrogens is 2. The van der Waals surface area contributed by atoms with Crippen molar-refractivity contribution in [1.82, 2.24) is 9.78 Å². The molecule has 0 bridgehead atoms. The Bertz CT molecular complexity index is 297. The summed E-state index contributed by atoms with van der Waals surface area (Å²) >= 11 is 3.10. The Hall–Kier alpha value is -0.880. The Balaban J connectivity index is 2.99. The van der Waals surface area contributed by atoms with Crippen molar-refractivity contribution in [2.75, 3.05) is 7.11 Å². The predicted molar refractivity (Wildman–Crippen MR) is 43.5 cm³/mol. The standard InChI is InChI=1S/C6H7BrN2O3/c1-12-6(11)5-4(7)2-9(3-10)8-5/h2,10H,3H2,1H3. The number of nitrogens with zero attached hydrogens (tertiary/aromatic N) is 2. The molecule has 0 saturated carbocycles. The lowest BCUT2D eigenvalue weighted by atomic mass is 10.4. The van der Waals surface area contributed by atoms with Crippen LogP contribution in [0.25, 0.3) is 0 Å². The van der Waals surface area contributed by atoms with Crippen molar-refractivity contribution in [2.45, 2.75) is 6.73 Å². The van der Waals surface area contributed by atoms with E-state index in [1.165, 1.54) is 18.0 Å². The fraction of sp³-hybridized carbons (Fsp3) is 0.333. The van der Waals surface area contributed by atoms with E-state index < -0.39 is 5.97 Å². The number of aliphatic hydroxyl groups excluding tert-OH is 1. The highest BCUT2D eigenvalue weighted by Gasteiger charge is 2.14. The average Bonchev–Trinajstić information content (AvgIpc) is 2.45. The Kier molecular flexibility index (Phi) is 2.83. The highest BCUT2D eigenvalue weighted by Crippen LogP contribution is 2.15. The summed E-state index contributed by atoms with van der Waals surface area (Å²) in [5.74, 6) is -0.533. The van der Waals surface area contributed by atoms with Crippen molar-refractivity contribution in [3.05, 3.63) is 16.4 Å². The van der Waals surface area contributed by atoms with Crippen LogP contribution >= 0.6 is 15.9 Å². The highest BCUT2D eigenvalue weighted by molar-refractivity contribution is 9.10. The summed E-state index contributed by atoms with van der Waals surface area (Å²) in [5.41, 5.74) is 0.159. The first-order chi connectivity index (χ1) is 5.69. The summed E-state index contributed by atoms with van der Waals surface area (Å²) in [6.07, 6.45) is 1.49. The number of rotatable bonds is 2. The van der Waals surface area contributed by atoms with Gasteiger partial charge in [0, 0.05) is 6.20 Å². The molecule has 6 heteroatoms. The summed E-state index contributed by atoms with van der Waals surface area (Å²) in [6.45, 7) is -0.268. The van der Waals surface area contributed by atoms with Crippen molar-refractivity contribution in [3.63, 3.8) is 0 Å². The first kappa shape index (κ1) is 9.21. The van der Waals surface area contributed by atoms with E-state index in [4.69, 9.17) is 5.11 Å². The van der Waals surface area contributed by atoms with Crippen molar-refractivity contribution in [2.24, 2.45) is 0 Å². The molecule has 0 spiro atoms. The second kappa shape index (κ2) is 3.68. The number of carbonyl (C=O) groups excluding carboxylic acids is 1. The first-order valence-corrected chi connectivity index (χ1v) is 3.90. The molecule has 66 valence electrons. The monoisotopic (exact) mass is 234 g/mol. The minimum absolute atomic E-state index is 0.159. The van der Waals surface area contributed by atoms with Crippen molar-refractivity contribution in [1.29, 1.82) is 0 Å². The molecule has 0 aromatic carbocycles. The van der Waals surface area contributed by atoms with Crippen LogP contribution in [0.5, 0.6) is 0 Å². The number of esters is 1. The van der Waals surface area contributed by atoms with Gasteiger partial charge >= 0.3 is 5.97 Å². The molecule has 0 radical (unpaired) electrons. The normalized spacial score (nSPS) is 9.92. The van der Waals surface area contributed by atoms with Gasteiger partial charge in [0.25, 0.3) is 0 Å². The molecule has 0 unspecified atom stereocenters. The maximum absolute atomic E-state index is 11.0. The van der Waals surface area contributed by atoms with Crippen LogP contribution < -0.4 is 0 Å². The molecule has 1 N–H and O–H groups in total. The average molecular weight is 235 g/mol. The zero-order valence-electron chi connectivity index (χ0n) is 6.32. The molecule has 0 amide bonds. The third kappa shape index (κ3) is 1.64. The number of hydrogen-bond acceptors (Lipinski definition) is 4. The lowest BCUT2D eigenvalue weighted by molar-refractivity contribution is 0.0590. The zero-order valence-corrected chi connectivity index (χ0v) is 7.91. The van der Waals surface area contributed by atoms with Crippen LogP contribution in [0.15, 0.2) is 10.7 Å². The van der Waals surface area contributed by atoms with Gasteiger partial charge in [-0.3, -0.25) is 0 Å². The van der Waals surface area contributed by atoms with Crippen LogP contribution in [0.4, 0.5) is 0 Å². The minimum Gasteiger partial charge on any atom is -0.464 e. The van der Waals surface area contributed by atoms with E-state index in [0.717, 1.165) is 0 Å². The summed E-state index contributed by atoms with van der Waals surface area (Å²) < 4.78 is 6.17. The van der Waals surface area contributed by atoms with Crippen LogP contribution in [0, 0.1) is 0 Å². The minimum atomic E-state index is -0.533. The maximum atomic E-state index is 11.0. The Morgan fingerprint density at radius 3 is 3.00 bits per heavy atom. The molecule has 1 aromatic heterocycles. The summed E-state index contributed by atoms with van der Waals surface area (Å²) in [5, 5.41) is 12.4. The second-order valence-electron chi connectivity index (χ2n) is 2.00. The third-order valence-electron chi connectivity index (χ3n) is 1.24. The van der Waals surface area contributed by atoms with Crippen LogP contribution in [0.3, 0.4) is 0 Å². The van der Waals surface area contributed by atoms with E-state index in [1.54, 1.807) is 0 Å². The second-order valence-corrected chi connectivity index (χ2v) is 2.85. The summed E-state index contributed by atoms with van der Waals surface area (Å²) in [4.78, 5) is 11.0. The molecule has 12 heavy (non-hydrogen) atoms. The molecular formula is C6H7BrN2O3. The Morgan fingerprint density at radius 2 is 2.58 bits per heavy atom. The van der Waals surface area contributed by atoms with E-state index in [9.17, 15) is 4.79 Å². The van der Waals surface area contributed by atoms with Crippen molar-refractivity contribution in [3.8, 4) is 0 Å². The quantitative estimate of drug-likeness (QED) is 0.752. The fourth-order valence-electron chi connectivity index (χ4n) is 0.705. The molecule has 0 saturated heterocycles. The third-order valence-corrected chi connectivity index (χ3v) is 1.82. The lowest BCUT2D eigenvalue weighted by Crippen LogP contribution is -2.05. The van der Waals surface area contributed by atoms with Crippen LogP contribution in [0.1, 0.15) is 10.5 Å². The van der Waals surface area contributed by atoms with Gasteiger partial charge in [-0.15, -0.1) is 0 Å². The molecule has 5 nitrogen and oxygen atoms in total. The van der Waals surface area contributed by atoms with Gasteiger partial charge in [0.15, 0.2) is 5.69 Å². The molecule has 1 heterocycles. The number of methoxy groups -OCH3 is 1. The number of aliphatic hydroxyl groups is 1. The van der Waals surface area contributed by atoms with Crippen LogP contribution in [0.2, 0.25) is 0 Å². The van der Waals surface area contributed by atoms with Gasteiger partial charge in [0.05, 0.1) is 11.6 Å². The largest absolute Gasteiger partial charge is 0.464 e. The van der Waals surface area contributed by atoms with Gasteiger partial charge in [0.1, 0.15) is 6.73 Å². The van der Waals surface area contributed by atoms with E-state index in [1.807, 2.05) is 0 Å². The molecular weight excluding hydrogens is 228 g/mol. The van der Waals surface area contributed by atoms with E-state index >= 15 is 0 Å². The molecule has 0 fully saturated rings. The molecule has 1 rings (SSSR count).